The summed E-state index contributed by atoms with van der Waals surface area (Å²) in [5, 5.41) is 5.43. The number of rotatable bonds is 8. The molecule has 0 rings (SSSR count). The van der Waals surface area contributed by atoms with Crippen LogP contribution in [0.25, 0.3) is 0 Å². The molecule has 0 saturated carbocycles. The third-order valence-electron chi connectivity index (χ3n) is 2.53. The summed E-state index contributed by atoms with van der Waals surface area (Å²) in [6.45, 7) is 9.98. The van der Waals surface area contributed by atoms with Gasteiger partial charge in [-0.2, -0.15) is 0 Å². The molecule has 0 fully saturated rings. The highest BCUT2D eigenvalue weighted by Gasteiger charge is 2.06. The molecule has 0 heterocycles. The molecule has 2 N–H and O–H groups in total. The molecule has 0 aliphatic heterocycles. The highest BCUT2D eigenvalue weighted by atomic mass is 32.3. The predicted octanol–water partition coefficient (Wildman–Crippen LogP) is -1.35. The van der Waals surface area contributed by atoms with E-state index in [-0.39, 0.29) is 11.8 Å². The summed E-state index contributed by atoms with van der Waals surface area (Å²) in [4.78, 5) is 21.3. The SMILES string of the molecule is C=CC(=O)NCC[N+](C)(C)C.C=CC(=O)NCC[N+](C)(C)C.O=S(=O)([O-])[O-]. The Morgan fingerprint density at radius 3 is 1.19 bits per heavy atom. The Morgan fingerprint density at radius 1 is 0.815 bits per heavy atom. The number of nitrogens with one attached hydrogen (secondary N) is 2. The molecule has 0 atom stereocenters. The van der Waals surface area contributed by atoms with Gasteiger partial charge in [0.05, 0.1) is 68.5 Å². The van der Waals surface area contributed by atoms with E-state index in [1.54, 1.807) is 0 Å². The topological polar surface area (TPSA) is 138 Å². The van der Waals surface area contributed by atoms with Gasteiger partial charge in [-0.05, 0) is 12.2 Å². The van der Waals surface area contributed by atoms with E-state index in [4.69, 9.17) is 17.5 Å². The molecule has 0 spiro atoms. The van der Waals surface area contributed by atoms with Crippen LogP contribution in [-0.4, -0.2) is 107 Å². The third-order valence-corrected chi connectivity index (χ3v) is 2.53. The Kier molecular flexibility index (Phi) is 15.9. The van der Waals surface area contributed by atoms with Gasteiger partial charge in [-0.25, -0.2) is 0 Å². The van der Waals surface area contributed by atoms with Crippen LogP contribution >= 0.6 is 0 Å². The van der Waals surface area contributed by atoms with Crippen LogP contribution in [0.3, 0.4) is 0 Å². The monoisotopic (exact) mass is 410 g/mol. The minimum atomic E-state index is -5.17. The number of hydrogen-bond donors (Lipinski definition) is 2. The highest BCUT2D eigenvalue weighted by Crippen LogP contribution is 1.86. The van der Waals surface area contributed by atoms with Crippen molar-refractivity contribution < 1.29 is 36.1 Å². The van der Waals surface area contributed by atoms with E-state index in [0.29, 0.717) is 13.1 Å². The van der Waals surface area contributed by atoms with Crippen LogP contribution < -0.4 is 10.6 Å². The van der Waals surface area contributed by atoms with E-state index in [1.807, 2.05) is 0 Å². The molecule has 0 saturated heterocycles. The Hall–Kier alpha value is -1.79. The summed E-state index contributed by atoms with van der Waals surface area (Å²) in [6, 6.07) is 0. The van der Waals surface area contributed by atoms with Gasteiger partial charge in [0.15, 0.2) is 0 Å². The van der Waals surface area contributed by atoms with Crippen LogP contribution in [0.4, 0.5) is 0 Å². The summed E-state index contributed by atoms with van der Waals surface area (Å²) >= 11 is 0. The van der Waals surface area contributed by atoms with Crippen molar-refractivity contribution in [3.63, 3.8) is 0 Å². The number of carbonyl (C=O) groups excluding carboxylic acids is 2. The molecule has 0 aliphatic rings. The lowest BCUT2D eigenvalue weighted by molar-refractivity contribution is -0.869. The van der Waals surface area contributed by atoms with Gasteiger partial charge in [0.25, 0.3) is 0 Å². The second kappa shape index (κ2) is 14.3. The molecule has 10 nitrogen and oxygen atoms in total. The smallest absolute Gasteiger partial charge is 0.243 e. The molecule has 0 radical (unpaired) electrons. The molecule has 0 aromatic carbocycles. The lowest BCUT2D eigenvalue weighted by Crippen LogP contribution is -2.41. The van der Waals surface area contributed by atoms with Gasteiger partial charge in [0.2, 0.25) is 11.8 Å². The van der Waals surface area contributed by atoms with Gasteiger partial charge in [-0.15, -0.1) is 0 Å². The van der Waals surface area contributed by atoms with Gasteiger partial charge in [0.1, 0.15) is 0 Å². The van der Waals surface area contributed by atoms with Crippen molar-refractivity contribution in [2.45, 2.75) is 0 Å². The van der Waals surface area contributed by atoms with Gasteiger partial charge in [-0.1, -0.05) is 13.2 Å². The zero-order valence-electron chi connectivity index (χ0n) is 17.1. The molecule has 0 bridgehead atoms. The number of quaternary nitrogens is 2. The Bertz CT molecular complexity index is 518. The normalized spacial score (nSPS) is 11.0. The molecule has 0 aromatic rings. The van der Waals surface area contributed by atoms with Crippen molar-refractivity contribution in [2.24, 2.45) is 0 Å². The van der Waals surface area contributed by atoms with E-state index < -0.39 is 10.4 Å². The van der Waals surface area contributed by atoms with E-state index in [2.05, 4.69) is 66.1 Å². The van der Waals surface area contributed by atoms with Crippen molar-refractivity contribution >= 4 is 22.2 Å². The molecule has 27 heavy (non-hydrogen) atoms. The first-order valence-electron chi connectivity index (χ1n) is 7.99. The van der Waals surface area contributed by atoms with Crippen molar-refractivity contribution in [3.8, 4) is 0 Å². The van der Waals surface area contributed by atoms with Crippen molar-refractivity contribution in [1.29, 1.82) is 0 Å². The van der Waals surface area contributed by atoms with Crippen LogP contribution in [-0.2, 0) is 20.0 Å². The standard InChI is InChI=1S/2C8H16N2O.H2O4S/c2*1-5-8(11)9-6-7-10(2,3)4;1-5(2,3)4/h2*5H,1,6-7H2,2-4H3;(H2,1,2,3,4). The van der Waals surface area contributed by atoms with Crippen LogP contribution in [0.15, 0.2) is 25.3 Å². The van der Waals surface area contributed by atoms with Gasteiger partial charge >= 0.3 is 0 Å². The first-order chi connectivity index (χ1) is 11.9. The number of amides is 2. The maximum absolute atomic E-state index is 10.7. The van der Waals surface area contributed by atoms with E-state index >= 15 is 0 Å². The fourth-order valence-corrected chi connectivity index (χ4v) is 1.17. The number of hydrogen-bond acceptors (Lipinski definition) is 6. The molecule has 0 aliphatic carbocycles. The Labute approximate surface area is 163 Å². The minimum absolute atomic E-state index is 0.0987. The van der Waals surface area contributed by atoms with E-state index in [0.717, 1.165) is 22.1 Å². The molecule has 11 heteroatoms. The average Bonchev–Trinajstić information content (AvgIpc) is 2.43. The number of carbonyl (C=O) groups is 2. The first-order valence-corrected chi connectivity index (χ1v) is 9.32. The van der Waals surface area contributed by atoms with Gasteiger partial charge in [-0.3, -0.25) is 18.0 Å². The summed E-state index contributed by atoms with van der Waals surface area (Å²) in [7, 11) is 7.33. The first kappa shape index (κ1) is 30.0. The van der Waals surface area contributed by atoms with Crippen molar-refractivity contribution in [2.75, 3.05) is 68.5 Å². The number of likely N-dealkylation sites (N-methyl/N-ethyl adjacent to an activating group) is 2. The maximum Gasteiger partial charge on any atom is 0.243 e. The van der Waals surface area contributed by atoms with Crippen LogP contribution in [0.5, 0.6) is 0 Å². The zero-order valence-corrected chi connectivity index (χ0v) is 18.0. The summed E-state index contributed by atoms with van der Waals surface area (Å²) in [5.74, 6) is -0.197. The molecular weight excluding hydrogens is 376 g/mol. The Morgan fingerprint density at radius 2 is 1.04 bits per heavy atom. The summed E-state index contributed by atoms with van der Waals surface area (Å²) < 4.78 is 35.8. The van der Waals surface area contributed by atoms with Crippen LogP contribution in [0.2, 0.25) is 0 Å². The van der Waals surface area contributed by atoms with Gasteiger partial charge < -0.3 is 28.7 Å². The van der Waals surface area contributed by atoms with Crippen molar-refractivity contribution in [3.05, 3.63) is 25.3 Å². The summed E-state index contributed by atoms with van der Waals surface area (Å²) in [5.41, 5.74) is 0. The van der Waals surface area contributed by atoms with Crippen LogP contribution in [0, 0.1) is 0 Å². The third kappa shape index (κ3) is 45.4. The van der Waals surface area contributed by atoms with Gasteiger partial charge in [0, 0.05) is 10.4 Å². The van der Waals surface area contributed by atoms with E-state index in [1.165, 1.54) is 12.2 Å². The van der Waals surface area contributed by atoms with E-state index in [9.17, 15) is 9.59 Å². The Balaban J connectivity index is -0.000000344. The maximum atomic E-state index is 10.7. The fraction of sp³-hybridized carbons (Fsp3) is 0.625. The molecular formula is C16H34N4O6S. The molecule has 2 amide bonds. The largest absolute Gasteiger partial charge is 0.759 e. The lowest BCUT2D eigenvalue weighted by atomic mass is 10.5. The lowest BCUT2D eigenvalue weighted by Gasteiger charge is -2.23. The highest BCUT2D eigenvalue weighted by molar-refractivity contribution is 7.79. The zero-order chi connectivity index (χ0) is 22.3. The minimum Gasteiger partial charge on any atom is -0.759 e. The second-order valence-corrected chi connectivity index (χ2v) is 8.24. The summed E-state index contributed by atoms with van der Waals surface area (Å²) in [6.07, 6.45) is 2.57. The quantitative estimate of drug-likeness (QED) is 0.220. The predicted molar refractivity (Wildman–Crippen MR) is 103 cm³/mol. The molecule has 0 aromatic heterocycles. The molecule has 160 valence electrons. The molecule has 0 unspecified atom stereocenters. The second-order valence-electron chi connectivity index (χ2n) is 7.43. The number of nitrogens with zero attached hydrogens (tertiary/aromatic N) is 2. The van der Waals surface area contributed by atoms with Crippen molar-refractivity contribution in [1.82, 2.24) is 10.6 Å². The average molecular weight is 411 g/mol. The van der Waals surface area contributed by atoms with Crippen LogP contribution in [0.1, 0.15) is 0 Å². The fourth-order valence-electron chi connectivity index (χ4n) is 1.17.